The van der Waals surface area contributed by atoms with Crippen LogP contribution in [0.2, 0.25) is 0 Å². The van der Waals surface area contributed by atoms with Gasteiger partial charge < -0.3 is 15.1 Å². The van der Waals surface area contributed by atoms with Crippen LogP contribution in [0.4, 0.5) is 20.3 Å². The molecule has 150 valence electrons. The van der Waals surface area contributed by atoms with Crippen LogP contribution in [-0.2, 0) is 4.79 Å². The summed E-state index contributed by atoms with van der Waals surface area (Å²) in [4.78, 5) is 25.0. The monoisotopic (exact) mass is 415 g/mol. The van der Waals surface area contributed by atoms with Crippen molar-refractivity contribution in [3.63, 3.8) is 0 Å². The van der Waals surface area contributed by atoms with Gasteiger partial charge in [0.05, 0.1) is 16.8 Å². The SMILES string of the molecule is O=C1C2=C(CCN1c1ccc(F)nc1)NC(c1ccc(N3CCCC3)nc1F)S2. The predicted octanol–water partition coefficient (Wildman–Crippen LogP) is 3.34. The van der Waals surface area contributed by atoms with E-state index < -0.39 is 17.3 Å². The third-order valence-electron chi connectivity index (χ3n) is 5.44. The van der Waals surface area contributed by atoms with E-state index in [0.717, 1.165) is 31.6 Å². The molecule has 0 bridgehead atoms. The fourth-order valence-corrected chi connectivity index (χ4v) is 5.18. The van der Waals surface area contributed by atoms with Gasteiger partial charge in [-0.3, -0.25) is 4.79 Å². The molecule has 9 heteroatoms. The van der Waals surface area contributed by atoms with Gasteiger partial charge in [0.25, 0.3) is 5.91 Å². The van der Waals surface area contributed by atoms with Gasteiger partial charge in [0.2, 0.25) is 11.9 Å². The van der Waals surface area contributed by atoms with Gasteiger partial charge in [-0.1, -0.05) is 11.8 Å². The number of anilines is 2. The molecule has 0 aromatic carbocycles. The summed E-state index contributed by atoms with van der Waals surface area (Å²) in [6.07, 6.45) is 4.17. The molecular weight excluding hydrogens is 396 g/mol. The van der Waals surface area contributed by atoms with E-state index in [9.17, 15) is 13.6 Å². The van der Waals surface area contributed by atoms with Crippen molar-refractivity contribution < 1.29 is 13.6 Å². The minimum atomic E-state index is -0.588. The van der Waals surface area contributed by atoms with Crippen molar-refractivity contribution in [2.75, 3.05) is 29.4 Å². The van der Waals surface area contributed by atoms with Crippen molar-refractivity contribution in [1.29, 1.82) is 0 Å². The van der Waals surface area contributed by atoms with Gasteiger partial charge in [-0.05, 0) is 37.1 Å². The number of hydrogen-bond acceptors (Lipinski definition) is 6. The number of carbonyl (C=O) groups excluding carboxylic acids is 1. The maximum atomic E-state index is 14.8. The Morgan fingerprint density at radius 3 is 2.66 bits per heavy atom. The summed E-state index contributed by atoms with van der Waals surface area (Å²) < 4.78 is 27.8. The summed E-state index contributed by atoms with van der Waals surface area (Å²) >= 11 is 1.30. The third-order valence-corrected chi connectivity index (χ3v) is 6.70. The maximum Gasteiger partial charge on any atom is 0.266 e. The lowest BCUT2D eigenvalue weighted by Gasteiger charge is -2.27. The molecule has 0 aliphatic carbocycles. The molecule has 5 rings (SSSR count). The lowest BCUT2D eigenvalue weighted by atomic mass is 10.1. The van der Waals surface area contributed by atoms with E-state index in [-0.39, 0.29) is 5.91 Å². The summed E-state index contributed by atoms with van der Waals surface area (Å²) in [5, 5.41) is 2.88. The molecule has 1 amide bonds. The number of nitrogens with zero attached hydrogens (tertiary/aromatic N) is 4. The van der Waals surface area contributed by atoms with Gasteiger partial charge >= 0.3 is 0 Å². The molecule has 0 saturated carbocycles. The molecule has 2 aromatic heterocycles. The molecule has 1 unspecified atom stereocenters. The Bertz CT molecular complexity index is 991. The van der Waals surface area contributed by atoms with Crippen LogP contribution in [0.25, 0.3) is 0 Å². The van der Waals surface area contributed by atoms with Crippen LogP contribution in [0.5, 0.6) is 0 Å². The van der Waals surface area contributed by atoms with E-state index in [1.54, 1.807) is 11.0 Å². The molecule has 1 fully saturated rings. The minimum Gasteiger partial charge on any atom is -0.371 e. The fraction of sp³-hybridized carbons (Fsp3) is 0.350. The van der Waals surface area contributed by atoms with Crippen LogP contribution in [-0.4, -0.2) is 35.5 Å². The number of halogens is 2. The van der Waals surface area contributed by atoms with E-state index in [2.05, 4.69) is 20.2 Å². The Morgan fingerprint density at radius 2 is 1.93 bits per heavy atom. The number of carbonyl (C=O) groups is 1. The zero-order valence-corrected chi connectivity index (χ0v) is 16.4. The molecule has 6 nitrogen and oxygen atoms in total. The second-order valence-electron chi connectivity index (χ2n) is 7.24. The molecule has 3 aliphatic rings. The van der Waals surface area contributed by atoms with Crippen molar-refractivity contribution >= 4 is 29.2 Å². The standard InChI is InChI=1S/C20H19F2N5OS/c21-15-5-3-12(11-23-15)27-10-7-14-17(20(27)28)29-19(24-14)13-4-6-16(25-18(13)22)26-8-1-2-9-26/h3-6,11,19,24H,1-2,7-10H2. The summed E-state index contributed by atoms with van der Waals surface area (Å²) in [6.45, 7) is 2.27. The second-order valence-corrected chi connectivity index (χ2v) is 8.35. The molecule has 1 N–H and O–H groups in total. The number of nitrogens with one attached hydrogen (secondary N) is 1. The molecule has 0 radical (unpaired) electrons. The average molecular weight is 415 g/mol. The molecule has 0 spiro atoms. The Kier molecular flexibility index (Phi) is 4.61. The van der Waals surface area contributed by atoms with Crippen molar-refractivity contribution in [3.8, 4) is 0 Å². The fourth-order valence-electron chi connectivity index (χ4n) is 3.92. The molecule has 29 heavy (non-hydrogen) atoms. The van der Waals surface area contributed by atoms with Crippen LogP contribution in [0.1, 0.15) is 30.2 Å². The summed E-state index contributed by atoms with van der Waals surface area (Å²) in [6, 6.07) is 6.38. The maximum absolute atomic E-state index is 14.8. The second kappa shape index (κ2) is 7.29. The predicted molar refractivity (Wildman–Crippen MR) is 107 cm³/mol. The summed E-state index contributed by atoms with van der Waals surface area (Å²) in [5.41, 5.74) is 1.81. The zero-order chi connectivity index (χ0) is 20.0. The van der Waals surface area contributed by atoms with Gasteiger partial charge in [-0.15, -0.1) is 0 Å². The lowest BCUT2D eigenvalue weighted by molar-refractivity contribution is -0.114. The number of rotatable bonds is 3. The van der Waals surface area contributed by atoms with Crippen molar-refractivity contribution in [3.05, 3.63) is 58.5 Å². The van der Waals surface area contributed by atoms with E-state index in [1.165, 1.54) is 30.1 Å². The molecular formula is C20H19F2N5OS. The molecule has 5 heterocycles. The average Bonchev–Trinajstić information content (AvgIpc) is 3.39. The highest BCUT2D eigenvalue weighted by molar-refractivity contribution is 8.04. The first kappa shape index (κ1) is 18.4. The number of amides is 1. The van der Waals surface area contributed by atoms with Gasteiger partial charge in [-0.2, -0.15) is 8.78 Å². The van der Waals surface area contributed by atoms with Crippen LogP contribution in [0, 0.1) is 11.9 Å². The number of thioether (sulfide) groups is 1. The Labute approximate surface area is 171 Å². The van der Waals surface area contributed by atoms with E-state index in [1.807, 2.05) is 6.07 Å². The lowest BCUT2D eigenvalue weighted by Crippen LogP contribution is -2.37. The number of hydrogen-bond donors (Lipinski definition) is 1. The quantitative estimate of drug-likeness (QED) is 0.776. The van der Waals surface area contributed by atoms with E-state index in [4.69, 9.17) is 0 Å². The first-order chi connectivity index (χ1) is 14.1. The van der Waals surface area contributed by atoms with Crippen molar-refractivity contribution in [2.45, 2.75) is 24.6 Å². The largest absolute Gasteiger partial charge is 0.371 e. The molecule has 3 aliphatic heterocycles. The van der Waals surface area contributed by atoms with Crippen molar-refractivity contribution in [1.82, 2.24) is 15.3 Å². The van der Waals surface area contributed by atoms with Crippen LogP contribution < -0.4 is 15.1 Å². The van der Waals surface area contributed by atoms with Gasteiger partial charge in [0.1, 0.15) is 11.2 Å². The first-order valence-corrected chi connectivity index (χ1v) is 10.5. The molecule has 2 aromatic rings. The highest BCUT2D eigenvalue weighted by Gasteiger charge is 2.37. The highest BCUT2D eigenvalue weighted by atomic mass is 32.2. The summed E-state index contributed by atoms with van der Waals surface area (Å²) in [5.74, 6) is -0.612. The Hall–Kier alpha value is -2.68. The Balaban J connectivity index is 1.34. The summed E-state index contributed by atoms with van der Waals surface area (Å²) in [7, 11) is 0. The third kappa shape index (κ3) is 3.33. The molecule has 1 atom stereocenters. The number of pyridine rings is 2. The van der Waals surface area contributed by atoms with Crippen molar-refractivity contribution in [2.24, 2.45) is 0 Å². The van der Waals surface area contributed by atoms with E-state index >= 15 is 0 Å². The smallest absolute Gasteiger partial charge is 0.266 e. The normalized spacial score (nSPS) is 21.6. The minimum absolute atomic E-state index is 0.179. The van der Waals surface area contributed by atoms with Gasteiger partial charge in [0.15, 0.2) is 0 Å². The van der Waals surface area contributed by atoms with Crippen LogP contribution in [0.3, 0.4) is 0 Å². The van der Waals surface area contributed by atoms with Crippen LogP contribution >= 0.6 is 11.8 Å². The Morgan fingerprint density at radius 1 is 1.10 bits per heavy atom. The number of aromatic nitrogens is 2. The van der Waals surface area contributed by atoms with E-state index in [0.29, 0.717) is 34.9 Å². The topological polar surface area (TPSA) is 61.4 Å². The molecule has 1 saturated heterocycles. The van der Waals surface area contributed by atoms with Crippen LogP contribution in [0.15, 0.2) is 41.1 Å². The first-order valence-electron chi connectivity index (χ1n) is 9.61. The van der Waals surface area contributed by atoms with Gasteiger partial charge in [0, 0.05) is 37.3 Å². The zero-order valence-electron chi connectivity index (χ0n) is 15.6. The highest BCUT2D eigenvalue weighted by Crippen LogP contribution is 2.45. The van der Waals surface area contributed by atoms with Gasteiger partial charge in [-0.25, -0.2) is 9.97 Å².